The summed E-state index contributed by atoms with van der Waals surface area (Å²) in [6, 6.07) is 0. The average Bonchev–Trinajstić information content (AvgIpc) is 2.48. The van der Waals surface area contributed by atoms with Crippen LogP contribution in [0.3, 0.4) is 0 Å². The van der Waals surface area contributed by atoms with E-state index in [0.29, 0.717) is 5.92 Å². The highest BCUT2D eigenvalue weighted by Gasteiger charge is 2.00. The maximum atomic E-state index is 5.55. The van der Waals surface area contributed by atoms with Gasteiger partial charge in [-0.1, -0.05) is 13.8 Å². The molecule has 0 unspecified atom stereocenters. The summed E-state index contributed by atoms with van der Waals surface area (Å²) in [7, 11) is 5.66. The minimum absolute atomic E-state index is 0.600. The maximum Gasteiger partial charge on any atom is 0.191 e. The number of nitrogens with zero attached hydrogens (tertiary/aromatic N) is 2. The predicted octanol–water partition coefficient (Wildman–Crippen LogP) is 1.18. The number of ether oxygens (including phenoxy) is 2. The van der Waals surface area contributed by atoms with Gasteiger partial charge in [0.05, 0.1) is 0 Å². The van der Waals surface area contributed by atoms with Crippen molar-refractivity contribution in [1.82, 2.24) is 15.5 Å². The molecular formula is C16H36N4O2. The van der Waals surface area contributed by atoms with Crippen LogP contribution in [-0.4, -0.2) is 78.1 Å². The first-order valence-corrected chi connectivity index (χ1v) is 8.29. The lowest BCUT2D eigenvalue weighted by molar-refractivity contribution is 0.108. The lowest BCUT2D eigenvalue weighted by Gasteiger charge is -2.18. The third-order valence-corrected chi connectivity index (χ3v) is 3.11. The Morgan fingerprint density at radius 2 is 1.82 bits per heavy atom. The van der Waals surface area contributed by atoms with Crippen LogP contribution in [0.4, 0.5) is 0 Å². The van der Waals surface area contributed by atoms with E-state index in [1.165, 1.54) is 0 Å². The molecule has 0 aliphatic carbocycles. The highest BCUT2D eigenvalue weighted by molar-refractivity contribution is 5.79. The third kappa shape index (κ3) is 14.1. The second-order valence-electron chi connectivity index (χ2n) is 5.90. The Balaban J connectivity index is 3.55. The fourth-order valence-electron chi connectivity index (χ4n) is 1.88. The number of aliphatic imine (C=N–C) groups is 1. The quantitative estimate of drug-likeness (QED) is 0.304. The normalized spacial score (nSPS) is 12.2. The molecule has 0 spiro atoms. The first kappa shape index (κ1) is 21.1. The number of likely N-dealkylation sites (N-methyl/N-ethyl adjacent to an activating group) is 1. The van der Waals surface area contributed by atoms with E-state index < -0.39 is 0 Å². The topological polar surface area (TPSA) is 58.1 Å². The number of rotatable bonds is 13. The van der Waals surface area contributed by atoms with Crippen molar-refractivity contribution in [3.8, 4) is 0 Å². The summed E-state index contributed by atoms with van der Waals surface area (Å²) in [6.45, 7) is 10.6. The summed E-state index contributed by atoms with van der Waals surface area (Å²) in [5.41, 5.74) is 0. The Morgan fingerprint density at radius 3 is 2.45 bits per heavy atom. The summed E-state index contributed by atoms with van der Waals surface area (Å²) < 4.78 is 10.6. The van der Waals surface area contributed by atoms with E-state index in [1.54, 1.807) is 14.2 Å². The second-order valence-corrected chi connectivity index (χ2v) is 5.90. The predicted molar refractivity (Wildman–Crippen MR) is 93.6 cm³/mol. The van der Waals surface area contributed by atoms with E-state index in [2.05, 4.69) is 41.4 Å². The molecule has 0 heterocycles. The molecule has 132 valence electrons. The van der Waals surface area contributed by atoms with Crippen molar-refractivity contribution in [3.05, 3.63) is 0 Å². The summed E-state index contributed by atoms with van der Waals surface area (Å²) in [5.74, 6) is 1.46. The Labute approximate surface area is 136 Å². The molecule has 22 heavy (non-hydrogen) atoms. The molecule has 2 N–H and O–H groups in total. The van der Waals surface area contributed by atoms with Crippen LogP contribution in [0.25, 0.3) is 0 Å². The van der Waals surface area contributed by atoms with E-state index >= 15 is 0 Å². The van der Waals surface area contributed by atoms with E-state index in [4.69, 9.17) is 9.47 Å². The molecule has 0 saturated heterocycles. The highest BCUT2D eigenvalue weighted by Crippen LogP contribution is 1.92. The van der Waals surface area contributed by atoms with E-state index in [9.17, 15) is 0 Å². The van der Waals surface area contributed by atoms with Gasteiger partial charge in [0.1, 0.15) is 0 Å². The maximum absolute atomic E-state index is 5.55. The summed E-state index contributed by atoms with van der Waals surface area (Å²) >= 11 is 0. The molecule has 0 bridgehead atoms. The molecule has 0 saturated carbocycles. The van der Waals surface area contributed by atoms with Crippen LogP contribution in [0, 0.1) is 5.92 Å². The Kier molecular flexibility index (Phi) is 14.5. The summed E-state index contributed by atoms with van der Waals surface area (Å²) in [6.07, 6.45) is 2.06. The molecule has 0 aromatic rings. The molecule has 0 amide bonds. The standard InChI is InChI=1S/C16H36N4O2/c1-15(2)14-22-13-6-8-18-16(17-3)19-9-11-20(4)10-7-12-21-5/h15H,6-14H2,1-5H3,(H2,17,18,19). The van der Waals surface area contributed by atoms with Gasteiger partial charge in [-0.15, -0.1) is 0 Å². The number of methoxy groups -OCH3 is 1. The van der Waals surface area contributed by atoms with Crippen molar-refractivity contribution in [2.45, 2.75) is 26.7 Å². The van der Waals surface area contributed by atoms with Crippen LogP contribution in [0.2, 0.25) is 0 Å². The Hall–Kier alpha value is -0.850. The van der Waals surface area contributed by atoms with Crippen LogP contribution in [0.15, 0.2) is 4.99 Å². The fourth-order valence-corrected chi connectivity index (χ4v) is 1.88. The lowest BCUT2D eigenvalue weighted by Crippen LogP contribution is -2.41. The van der Waals surface area contributed by atoms with Crippen molar-refractivity contribution in [2.24, 2.45) is 10.9 Å². The monoisotopic (exact) mass is 316 g/mol. The molecule has 0 aliphatic rings. The number of guanidine groups is 1. The zero-order valence-corrected chi connectivity index (χ0v) is 15.2. The van der Waals surface area contributed by atoms with Crippen molar-refractivity contribution >= 4 is 5.96 Å². The molecule has 0 radical (unpaired) electrons. The van der Waals surface area contributed by atoms with Crippen LogP contribution >= 0.6 is 0 Å². The SMILES string of the molecule is CN=C(NCCCOCC(C)C)NCCN(C)CCCOC. The van der Waals surface area contributed by atoms with E-state index in [-0.39, 0.29) is 0 Å². The molecule has 0 fully saturated rings. The van der Waals surface area contributed by atoms with Gasteiger partial charge in [0, 0.05) is 60.2 Å². The molecule has 6 heteroatoms. The minimum atomic E-state index is 0.600. The van der Waals surface area contributed by atoms with Gasteiger partial charge in [-0.25, -0.2) is 0 Å². The molecule has 0 aromatic heterocycles. The molecule has 0 aliphatic heterocycles. The van der Waals surface area contributed by atoms with Crippen molar-refractivity contribution in [3.63, 3.8) is 0 Å². The number of hydrogen-bond donors (Lipinski definition) is 2. The van der Waals surface area contributed by atoms with Crippen LogP contribution < -0.4 is 10.6 Å². The zero-order valence-electron chi connectivity index (χ0n) is 15.2. The van der Waals surface area contributed by atoms with Crippen LogP contribution in [-0.2, 0) is 9.47 Å². The minimum Gasteiger partial charge on any atom is -0.385 e. The molecule has 0 rings (SSSR count). The van der Waals surface area contributed by atoms with Crippen molar-refractivity contribution in [2.75, 3.05) is 67.2 Å². The van der Waals surface area contributed by atoms with Gasteiger partial charge in [-0.2, -0.15) is 0 Å². The van der Waals surface area contributed by atoms with Crippen LogP contribution in [0.5, 0.6) is 0 Å². The molecular weight excluding hydrogens is 280 g/mol. The van der Waals surface area contributed by atoms with Gasteiger partial charge < -0.3 is 25.0 Å². The van der Waals surface area contributed by atoms with E-state index in [0.717, 1.165) is 64.8 Å². The number of nitrogens with one attached hydrogen (secondary N) is 2. The Morgan fingerprint density at radius 1 is 1.09 bits per heavy atom. The second kappa shape index (κ2) is 15.1. The van der Waals surface area contributed by atoms with Gasteiger partial charge >= 0.3 is 0 Å². The molecule has 6 nitrogen and oxygen atoms in total. The van der Waals surface area contributed by atoms with Crippen molar-refractivity contribution in [1.29, 1.82) is 0 Å². The first-order chi connectivity index (χ1) is 10.6. The highest BCUT2D eigenvalue weighted by atomic mass is 16.5. The fraction of sp³-hybridized carbons (Fsp3) is 0.938. The average molecular weight is 316 g/mol. The van der Waals surface area contributed by atoms with Gasteiger partial charge in [0.2, 0.25) is 0 Å². The van der Waals surface area contributed by atoms with Gasteiger partial charge in [0.15, 0.2) is 5.96 Å². The van der Waals surface area contributed by atoms with E-state index in [1.807, 2.05) is 0 Å². The summed E-state index contributed by atoms with van der Waals surface area (Å²) in [4.78, 5) is 6.51. The molecule has 0 aromatic carbocycles. The zero-order chi connectivity index (χ0) is 16.6. The largest absolute Gasteiger partial charge is 0.385 e. The van der Waals surface area contributed by atoms with Crippen LogP contribution in [0.1, 0.15) is 26.7 Å². The van der Waals surface area contributed by atoms with Gasteiger partial charge in [0.25, 0.3) is 0 Å². The smallest absolute Gasteiger partial charge is 0.191 e. The molecule has 0 atom stereocenters. The van der Waals surface area contributed by atoms with Gasteiger partial charge in [-0.05, 0) is 25.8 Å². The Bertz CT molecular complexity index is 273. The van der Waals surface area contributed by atoms with Gasteiger partial charge in [-0.3, -0.25) is 4.99 Å². The number of hydrogen-bond acceptors (Lipinski definition) is 4. The lowest BCUT2D eigenvalue weighted by atomic mass is 10.2. The first-order valence-electron chi connectivity index (χ1n) is 8.29. The summed E-state index contributed by atoms with van der Waals surface area (Å²) in [5, 5.41) is 6.63. The van der Waals surface area contributed by atoms with Crippen molar-refractivity contribution < 1.29 is 9.47 Å². The third-order valence-electron chi connectivity index (χ3n) is 3.11.